The molecule has 0 radical (unpaired) electrons. The van der Waals surface area contributed by atoms with Gasteiger partial charge in [-0.2, -0.15) is 4.31 Å². The number of halogens is 1. The van der Waals surface area contributed by atoms with Gasteiger partial charge in [0.05, 0.1) is 15.1 Å². The minimum atomic E-state index is -3.55. The maximum Gasteiger partial charge on any atom is 1.00 e. The standard InChI is InChI=1S/C25H30N4O5S2.ClH/c1-27(2)11-6-14-29(25-26-20-15-21-22(34-17-33-21)16-23(20)35-25)24(30)18-7-9-19(10-8-18)36(31,32)28-12-4-3-5-13-28;/h7-10,15-16H,3-6,11-14,17H2,1-2H3;1H. The number of rotatable bonds is 8. The lowest BCUT2D eigenvalue weighted by Gasteiger charge is -2.26. The Bertz CT molecular complexity index is 1320. The first-order chi connectivity index (χ1) is 17.3. The molecule has 1 fully saturated rings. The molecule has 0 N–H and O–H groups in total. The lowest BCUT2D eigenvalue weighted by molar-refractivity contribution is -0.0000190. The summed E-state index contributed by atoms with van der Waals surface area (Å²) in [5.41, 5.74) is 1.17. The first kappa shape index (κ1) is 27.6. The van der Waals surface area contributed by atoms with E-state index in [9.17, 15) is 13.2 Å². The zero-order chi connectivity index (χ0) is 25.3. The zero-order valence-electron chi connectivity index (χ0n) is 21.9. The fourth-order valence-corrected chi connectivity index (χ4v) is 6.95. The van der Waals surface area contributed by atoms with Gasteiger partial charge in [0.25, 0.3) is 5.91 Å². The Kier molecular flexibility index (Phi) is 8.59. The average molecular weight is 567 g/mol. The van der Waals surface area contributed by atoms with Crippen LogP contribution >= 0.6 is 11.3 Å². The van der Waals surface area contributed by atoms with Crippen molar-refractivity contribution in [2.75, 3.05) is 52.0 Å². The molecule has 0 atom stereocenters. The highest BCUT2D eigenvalue weighted by Gasteiger charge is 2.27. The summed E-state index contributed by atoms with van der Waals surface area (Å²) in [6.45, 7) is 2.58. The third-order valence-corrected chi connectivity index (χ3v) is 9.34. The summed E-state index contributed by atoms with van der Waals surface area (Å²) >= 11 is 1.42. The topological polar surface area (TPSA) is 92.3 Å². The van der Waals surface area contributed by atoms with Crippen LogP contribution < -0.4 is 26.8 Å². The number of sulfonamides is 1. The monoisotopic (exact) mass is 566 g/mol. The average Bonchev–Trinajstić information content (AvgIpc) is 3.51. The van der Waals surface area contributed by atoms with Crippen molar-refractivity contribution in [3.8, 4) is 11.5 Å². The molecule has 0 spiro atoms. The number of hydrogen-bond donors (Lipinski definition) is 0. The minimum Gasteiger partial charge on any atom is -1.00 e. The molecule has 0 bridgehead atoms. The Morgan fingerprint density at radius 2 is 1.73 bits per heavy atom. The lowest BCUT2D eigenvalue weighted by Crippen LogP contribution is -3.00. The third kappa shape index (κ3) is 5.85. The molecular formula is C25H31ClN4O5S2. The van der Waals surface area contributed by atoms with Gasteiger partial charge in [0.2, 0.25) is 16.8 Å². The number of ether oxygens (including phenoxy) is 2. The second-order valence-electron chi connectivity index (χ2n) is 9.27. The molecule has 0 aliphatic carbocycles. The van der Waals surface area contributed by atoms with E-state index >= 15 is 0 Å². The van der Waals surface area contributed by atoms with Gasteiger partial charge in [0, 0.05) is 37.3 Å². The van der Waals surface area contributed by atoms with Crippen LogP contribution in [-0.2, 0) is 10.0 Å². The molecule has 2 aliphatic heterocycles. The maximum atomic E-state index is 13.6. The number of hydrogen-bond acceptors (Lipinski definition) is 8. The van der Waals surface area contributed by atoms with Gasteiger partial charge >= 0.3 is 1.43 Å². The highest BCUT2D eigenvalue weighted by atomic mass is 35.5. The summed E-state index contributed by atoms with van der Waals surface area (Å²) in [5, 5.41) is 0.586. The van der Waals surface area contributed by atoms with Crippen LogP contribution in [0.3, 0.4) is 0 Å². The van der Waals surface area contributed by atoms with E-state index in [1.807, 2.05) is 26.2 Å². The van der Waals surface area contributed by atoms with Gasteiger partial charge in [0.15, 0.2) is 16.6 Å². The number of carbonyl (C=O) groups excluding carboxylic acids is 1. The van der Waals surface area contributed by atoms with Crippen molar-refractivity contribution >= 4 is 42.6 Å². The number of piperidine rings is 1. The highest BCUT2D eigenvalue weighted by Crippen LogP contribution is 2.40. The first-order valence-corrected chi connectivity index (χ1v) is 14.4. The van der Waals surface area contributed by atoms with Gasteiger partial charge in [-0.25, -0.2) is 13.4 Å². The third-order valence-electron chi connectivity index (χ3n) is 6.39. The molecule has 3 aromatic rings. The molecule has 37 heavy (non-hydrogen) atoms. The van der Waals surface area contributed by atoms with E-state index < -0.39 is 10.0 Å². The van der Waals surface area contributed by atoms with Gasteiger partial charge in [-0.15, -0.1) is 0 Å². The molecule has 3 heterocycles. The van der Waals surface area contributed by atoms with Crippen molar-refractivity contribution in [3.63, 3.8) is 0 Å². The van der Waals surface area contributed by atoms with Crippen LogP contribution in [0.4, 0.5) is 5.13 Å². The molecule has 200 valence electrons. The lowest BCUT2D eigenvalue weighted by atomic mass is 10.2. The number of fused-ring (bicyclic) bond motifs is 2. The van der Waals surface area contributed by atoms with Crippen molar-refractivity contribution in [2.24, 2.45) is 0 Å². The van der Waals surface area contributed by atoms with Gasteiger partial charge in [-0.05, 0) is 64.2 Å². The van der Waals surface area contributed by atoms with Gasteiger partial charge in [-0.3, -0.25) is 9.69 Å². The van der Waals surface area contributed by atoms with E-state index in [1.54, 1.807) is 17.0 Å². The summed E-state index contributed by atoms with van der Waals surface area (Å²) < 4.78 is 39.4. The number of anilines is 1. The molecule has 1 amide bonds. The van der Waals surface area contributed by atoms with E-state index in [2.05, 4.69) is 4.90 Å². The van der Waals surface area contributed by atoms with E-state index in [0.29, 0.717) is 41.8 Å². The number of thiazole rings is 1. The van der Waals surface area contributed by atoms with Crippen LogP contribution in [0.25, 0.3) is 10.2 Å². The Morgan fingerprint density at radius 1 is 1.05 bits per heavy atom. The molecule has 1 saturated heterocycles. The van der Waals surface area contributed by atoms with Crippen LogP contribution in [0.2, 0.25) is 0 Å². The quantitative estimate of drug-likeness (QED) is 0.400. The molecule has 9 nitrogen and oxygen atoms in total. The molecular weight excluding hydrogens is 536 g/mol. The number of nitrogens with zero attached hydrogens (tertiary/aromatic N) is 4. The molecule has 5 rings (SSSR count). The molecule has 1 aromatic heterocycles. The van der Waals surface area contributed by atoms with E-state index in [0.717, 1.165) is 42.4 Å². The van der Waals surface area contributed by atoms with Gasteiger partial charge in [0.1, 0.15) is 0 Å². The van der Waals surface area contributed by atoms with Crippen LogP contribution in [0.5, 0.6) is 11.5 Å². The number of carbonyl (C=O) groups is 1. The number of aromatic nitrogens is 1. The molecule has 2 aromatic carbocycles. The predicted octanol–water partition coefficient (Wildman–Crippen LogP) is 0.915. The Morgan fingerprint density at radius 3 is 2.41 bits per heavy atom. The second kappa shape index (κ2) is 11.5. The Hall–Kier alpha value is -2.44. The number of benzene rings is 2. The van der Waals surface area contributed by atoms with E-state index in [1.165, 1.54) is 27.8 Å². The summed E-state index contributed by atoms with van der Waals surface area (Å²) in [4.78, 5) is 22.3. The molecule has 12 heteroatoms. The van der Waals surface area contributed by atoms with Crippen molar-refractivity contribution < 1.29 is 36.5 Å². The highest BCUT2D eigenvalue weighted by molar-refractivity contribution is 7.89. The largest absolute Gasteiger partial charge is 1.00 e. The second-order valence-corrected chi connectivity index (χ2v) is 12.2. The maximum absolute atomic E-state index is 13.6. The fourth-order valence-electron chi connectivity index (χ4n) is 4.43. The fraction of sp³-hybridized carbons (Fsp3) is 0.440. The van der Waals surface area contributed by atoms with Gasteiger partial charge in [-0.1, -0.05) is 17.8 Å². The Balaban J connectivity index is 0.00000200. The van der Waals surface area contributed by atoms with Crippen LogP contribution in [0.15, 0.2) is 41.3 Å². The SMILES string of the molecule is CN(C)CCCN(C(=O)c1ccc(S(=O)(=O)N2CCCCC2)cc1)c1nc2cc3c(cc2s1)OCO3.[Cl-].[H+]. The van der Waals surface area contributed by atoms with Crippen LogP contribution in [0.1, 0.15) is 37.5 Å². The molecule has 0 unspecified atom stereocenters. The zero-order valence-corrected chi connectivity index (χ0v) is 23.2. The minimum absolute atomic E-state index is 0. The summed E-state index contributed by atoms with van der Waals surface area (Å²) in [6.07, 6.45) is 3.57. The molecule has 0 saturated carbocycles. The van der Waals surface area contributed by atoms with Crippen molar-refractivity contribution in [3.05, 3.63) is 42.0 Å². The summed E-state index contributed by atoms with van der Waals surface area (Å²) in [5.74, 6) is 1.11. The summed E-state index contributed by atoms with van der Waals surface area (Å²) in [6, 6.07) is 9.99. The van der Waals surface area contributed by atoms with Crippen molar-refractivity contribution in [1.82, 2.24) is 14.2 Å². The van der Waals surface area contributed by atoms with Crippen molar-refractivity contribution in [1.29, 1.82) is 0 Å². The first-order valence-electron chi connectivity index (χ1n) is 12.1. The smallest absolute Gasteiger partial charge is 1.00 e. The van der Waals surface area contributed by atoms with Gasteiger partial charge < -0.3 is 26.8 Å². The predicted molar refractivity (Wildman–Crippen MR) is 141 cm³/mol. The van der Waals surface area contributed by atoms with E-state index in [4.69, 9.17) is 14.5 Å². The summed E-state index contributed by atoms with van der Waals surface area (Å²) in [7, 11) is 0.432. The normalized spacial score (nSPS) is 15.6. The van der Waals surface area contributed by atoms with Crippen LogP contribution in [-0.4, -0.2) is 75.6 Å². The van der Waals surface area contributed by atoms with Crippen molar-refractivity contribution in [2.45, 2.75) is 30.6 Å². The Labute approximate surface area is 228 Å². The van der Waals surface area contributed by atoms with E-state index in [-0.39, 0.29) is 31.4 Å². The molecule has 2 aliphatic rings. The van der Waals surface area contributed by atoms with Crippen LogP contribution in [0, 0.1) is 0 Å². The number of amides is 1.